The van der Waals surface area contributed by atoms with Gasteiger partial charge in [0.15, 0.2) is 0 Å². The number of rotatable bonds is 8. The molecule has 1 aromatic carbocycles. The molecule has 9 heteroatoms. The molecule has 0 saturated heterocycles. The summed E-state index contributed by atoms with van der Waals surface area (Å²) in [7, 11) is 1.96. The summed E-state index contributed by atoms with van der Waals surface area (Å²) in [5, 5.41) is 9.67. The molecule has 0 aliphatic heterocycles. The third-order valence-electron chi connectivity index (χ3n) is 4.68. The van der Waals surface area contributed by atoms with Gasteiger partial charge in [-0.2, -0.15) is 0 Å². The molecular formula is C23H30N6O3. The van der Waals surface area contributed by atoms with Crippen molar-refractivity contribution in [3.8, 4) is 0 Å². The highest BCUT2D eigenvalue weighted by atomic mass is 16.6. The maximum absolute atomic E-state index is 13.0. The van der Waals surface area contributed by atoms with Crippen LogP contribution in [0.1, 0.15) is 26.3 Å². The molecule has 32 heavy (non-hydrogen) atoms. The number of aryl methyl sites for hydroxylation is 1. The molecule has 0 unspecified atom stereocenters. The molecule has 170 valence electrons. The first-order chi connectivity index (χ1) is 15.2. The van der Waals surface area contributed by atoms with E-state index < -0.39 is 17.7 Å². The Morgan fingerprint density at radius 2 is 1.81 bits per heavy atom. The summed E-state index contributed by atoms with van der Waals surface area (Å²) in [6.07, 6.45) is 4.96. The number of nitrogens with one attached hydrogen (secondary N) is 3. The molecule has 9 nitrogen and oxygen atoms in total. The van der Waals surface area contributed by atoms with Crippen LogP contribution in [0, 0.1) is 0 Å². The number of fused-ring (bicyclic) bond motifs is 1. The molecule has 2 heterocycles. The molecule has 3 aromatic rings. The first-order valence-electron chi connectivity index (χ1n) is 10.5. The number of hydrogen-bond donors (Lipinski definition) is 3. The molecule has 2 aromatic heterocycles. The molecule has 3 rings (SSSR count). The second kappa shape index (κ2) is 10.1. The van der Waals surface area contributed by atoms with Gasteiger partial charge in [-0.1, -0.05) is 18.2 Å². The number of carbonyl (C=O) groups excluding carboxylic acids is 2. The van der Waals surface area contributed by atoms with Crippen LogP contribution in [0.15, 0.2) is 48.9 Å². The molecule has 0 radical (unpaired) electrons. The van der Waals surface area contributed by atoms with Crippen LogP contribution >= 0.6 is 0 Å². The zero-order valence-corrected chi connectivity index (χ0v) is 18.9. The topological polar surface area (TPSA) is 110 Å². The van der Waals surface area contributed by atoms with Crippen LogP contribution in [0.3, 0.4) is 0 Å². The Hall–Kier alpha value is -3.62. The van der Waals surface area contributed by atoms with E-state index in [9.17, 15) is 9.59 Å². The summed E-state index contributed by atoms with van der Waals surface area (Å²) >= 11 is 0. The lowest BCUT2D eigenvalue weighted by Gasteiger charge is -2.23. The molecule has 0 aliphatic carbocycles. The predicted octanol–water partition coefficient (Wildman–Crippen LogP) is 2.63. The van der Waals surface area contributed by atoms with Crippen molar-refractivity contribution in [3.05, 3.63) is 54.5 Å². The van der Waals surface area contributed by atoms with Crippen LogP contribution in [-0.4, -0.2) is 51.3 Å². The summed E-state index contributed by atoms with van der Waals surface area (Å²) in [4.78, 5) is 33.5. The molecule has 0 saturated carbocycles. The van der Waals surface area contributed by atoms with Gasteiger partial charge in [0.2, 0.25) is 11.9 Å². The van der Waals surface area contributed by atoms with Crippen LogP contribution in [-0.2, 0) is 23.0 Å². The van der Waals surface area contributed by atoms with E-state index in [-0.39, 0.29) is 5.91 Å². The van der Waals surface area contributed by atoms with Crippen LogP contribution in [0.5, 0.6) is 0 Å². The number of carbonyl (C=O) groups is 2. The van der Waals surface area contributed by atoms with Crippen LogP contribution in [0.2, 0.25) is 0 Å². The second-order valence-corrected chi connectivity index (χ2v) is 8.48. The van der Waals surface area contributed by atoms with Gasteiger partial charge in [0, 0.05) is 56.1 Å². The second-order valence-electron chi connectivity index (χ2n) is 8.48. The van der Waals surface area contributed by atoms with Crippen molar-refractivity contribution in [1.82, 2.24) is 25.2 Å². The minimum atomic E-state index is -0.788. The van der Waals surface area contributed by atoms with E-state index in [4.69, 9.17) is 4.74 Å². The lowest BCUT2D eigenvalue weighted by molar-refractivity contribution is -0.123. The van der Waals surface area contributed by atoms with Crippen molar-refractivity contribution in [2.75, 3.05) is 18.4 Å². The number of nitrogens with zero attached hydrogens (tertiary/aromatic N) is 3. The van der Waals surface area contributed by atoms with Gasteiger partial charge in [0.25, 0.3) is 0 Å². The van der Waals surface area contributed by atoms with Gasteiger partial charge in [0.1, 0.15) is 11.6 Å². The van der Waals surface area contributed by atoms with Gasteiger partial charge in [-0.25, -0.2) is 14.8 Å². The minimum absolute atomic E-state index is 0.292. The number of alkyl carbamates (subject to hydrolysis) is 1. The SMILES string of the molecule is Cn1cc(C[C@@H](NC(=O)OC(C)(C)C)C(=O)NCCNc2ncccn2)c2ccccc21. The zero-order chi connectivity index (χ0) is 23.1. The maximum Gasteiger partial charge on any atom is 0.408 e. The normalized spacial score (nSPS) is 12.2. The largest absolute Gasteiger partial charge is 0.444 e. The van der Waals surface area contributed by atoms with E-state index in [1.807, 2.05) is 42.1 Å². The van der Waals surface area contributed by atoms with Gasteiger partial charge in [-0.3, -0.25) is 4.79 Å². The first kappa shape index (κ1) is 23.1. The fourth-order valence-corrected chi connectivity index (χ4v) is 3.34. The highest BCUT2D eigenvalue weighted by molar-refractivity contribution is 5.88. The van der Waals surface area contributed by atoms with Crippen LogP contribution in [0.25, 0.3) is 10.9 Å². The number of anilines is 1. The molecule has 0 fully saturated rings. The molecule has 0 aliphatic rings. The van der Waals surface area contributed by atoms with E-state index >= 15 is 0 Å². The lowest BCUT2D eigenvalue weighted by Crippen LogP contribution is -2.50. The van der Waals surface area contributed by atoms with E-state index in [2.05, 4.69) is 25.9 Å². The van der Waals surface area contributed by atoms with E-state index in [1.54, 1.807) is 39.2 Å². The highest BCUT2D eigenvalue weighted by Gasteiger charge is 2.25. The summed E-state index contributed by atoms with van der Waals surface area (Å²) in [5.74, 6) is 0.195. The Morgan fingerprint density at radius 3 is 2.53 bits per heavy atom. The lowest BCUT2D eigenvalue weighted by atomic mass is 10.0. The van der Waals surface area contributed by atoms with Gasteiger partial charge in [-0.15, -0.1) is 0 Å². The number of aromatic nitrogens is 3. The summed E-state index contributed by atoms with van der Waals surface area (Å²) in [6.45, 7) is 6.14. The van der Waals surface area contributed by atoms with E-state index in [0.717, 1.165) is 16.5 Å². The number of ether oxygens (including phenoxy) is 1. The van der Waals surface area contributed by atoms with Gasteiger partial charge in [-0.05, 0) is 38.5 Å². The predicted molar refractivity (Wildman–Crippen MR) is 123 cm³/mol. The molecule has 1 atom stereocenters. The quantitative estimate of drug-likeness (QED) is 0.467. The standard InChI is InChI=1S/C23H30N6O3/c1-23(2,3)32-22(31)28-18(14-16-15-29(4)19-9-6-5-8-17(16)19)20(30)24-12-13-27-21-25-10-7-11-26-21/h5-11,15,18H,12-14H2,1-4H3,(H,24,30)(H,28,31)(H,25,26,27)/t18-/m1/s1. The van der Waals surface area contributed by atoms with Crippen LogP contribution in [0.4, 0.5) is 10.7 Å². The van der Waals surface area contributed by atoms with Gasteiger partial charge in [0.05, 0.1) is 0 Å². The fraction of sp³-hybridized carbons (Fsp3) is 0.391. The Balaban J connectivity index is 1.68. The summed E-state index contributed by atoms with van der Waals surface area (Å²) in [6, 6.07) is 8.90. The third-order valence-corrected chi connectivity index (χ3v) is 4.68. The zero-order valence-electron chi connectivity index (χ0n) is 18.9. The average Bonchev–Trinajstić information content (AvgIpc) is 3.06. The summed E-state index contributed by atoms with van der Waals surface area (Å²) in [5.41, 5.74) is 1.37. The number of para-hydroxylation sites is 1. The van der Waals surface area contributed by atoms with Crippen molar-refractivity contribution >= 4 is 28.9 Å². The molecular weight excluding hydrogens is 408 g/mol. The Labute approximate surface area is 187 Å². The summed E-state index contributed by atoms with van der Waals surface area (Å²) < 4.78 is 7.38. The fourth-order valence-electron chi connectivity index (χ4n) is 3.34. The highest BCUT2D eigenvalue weighted by Crippen LogP contribution is 2.21. The number of benzene rings is 1. The monoisotopic (exact) mass is 438 g/mol. The van der Waals surface area contributed by atoms with Crippen molar-refractivity contribution in [2.24, 2.45) is 7.05 Å². The van der Waals surface area contributed by atoms with Crippen molar-refractivity contribution in [2.45, 2.75) is 38.8 Å². The molecule has 0 bridgehead atoms. The smallest absolute Gasteiger partial charge is 0.408 e. The number of amides is 2. The Bertz CT molecular complexity index is 1060. The van der Waals surface area contributed by atoms with Crippen molar-refractivity contribution < 1.29 is 14.3 Å². The number of hydrogen-bond acceptors (Lipinski definition) is 6. The van der Waals surface area contributed by atoms with Gasteiger partial charge < -0.3 is 25.3 Å². The maximum atomic E-state index is 13.0. The van der Waals surface area contributed by atoms with Gasteiger partial charge >= 0.3 is 6.09 Å². The van der Waals surface area contributed by atoms with Crippen LogP contribution < -0.4 is 16.0 Å². The van der Waals surface area contributed by atoms with E-state index in [1.165, 1.54) is 0 Å². The Morgan fingerprint density at radius 1 is 1.09 bits per heavy atom. The molecule has 0 spiro atoms. The van der Waals surface area contributed by atoms with Crippen molar-refractivity contribution in [1.29, 1.82) is 0 Å². The third kappa shape index (κ3) is 6.44. The minimum Gasteiger partial charge on any atom is -0.444 e. The van der Waals surface area contributed by atoms with E-state index in [0.29, 0.717) is 25.5 Å². The molecule has 3 N–H and O–H groups in total. The van der Waals surface area contributed by atoms with Crippen molar-refractivity contribution in [3.63, 3.8) is 0 Å². The average molecular weight is 439 g/mol. The first-order valence-corrected chi connectivity index (χ1v) is 10.5. The Kier molecular flexibility index (Phi) is 7.29. The molecule has 2 amide bonds.